The standard InChI is InChI=1S/C22H26N4OS/c27-22(26-15-8-17(9-16-26)24-11-2-1-3-12-24)20-19(25-13-4-5-14-25)18-7-6-10-23-21(18)28-20/h4-7,10,13-14,17H,1-3,8-9,11-12,15-16H2. The van der Waals surface area contributed by atoms with Crippen LogP contribution in [-0.4, -0.2) is 57.5 Å². The number of carbonyl (C=O) groups is 1. The van der Waals surface area contributed by atoms with Gasteiger partial charge in [-0.3, -0.25) is 4.79 Å². The van der Waals surface area contributed by atoms with Gasteiger partial charge in [-0.1, -0.05) is 6.42 Å². The van der Waals surface area contributed by atoms with Gasteiger partial charge in [-0.25, -0.2) is 4.98 Å². The molecule has 5 heterocycles. The Morgan fingerprint density at radius 2 is 1.75 bits per heavy atom. The summed E-state index contributed by atoms with van der Waals surface area (Å²) in [6.45, 7) is 4.18. The predicted molar refractivity (Wildman–Crippen MR) is 113 cm³/mol. The Bertz CT molecular complexity index is 950. The number of pyridine rings is 1. The van der Waals surface area contributed by atoms with Crippen molar-refractivity contribution < 1.29 is 4.79 Å². The van der Waals surface area contributed by atoms with E-state index in [1.807, 2.05) is 35.2 Å². The summed E-state index contributed by atoms with van der Waals surface area (Å²) in [5.74, 6) is 0.156. The van der Waals surface area contributed by atoms with Gasteiger partial charge in [-0.15, -0.1) is 11.3 Å². The molecule has 1 amide bonds. The van der Waals surface area contributed by atoms with Crippen molar-refractivity contribution in [2.45, 2.75) is 38.1 Å². The quantitative estimate of drug-likeness (QED) is 0.669. The minimum Gasteiger partial charge on any atom is -0.338 e. The number of aromatic nitrogens is 2. The monoisotopic (exact) mass is 394 g/mol. The lowest BCUT2D eigenvalue weighted by Crippen LogP contribution is -2.48. The summed E-state index contributed by atoms with van der Waals surface area (Å²) in [6, 6.07) is 8.65. The van der Waals surface area contributed by atoms with Crippen molar-refractivity contribution >= 4 is 27.5 Å². The number of hydrogen-bond donors (Lipinski definition) is 0. The van der Waals surface area contributed by atoms with E-state index in [2.05, 4.69) is 20.9 Å². The molecule has 0 radical (unpaired) electrons. The first-order valence-electron chi connectivity index (χ1n) is 10.4. The fourth-order valence-electron chi connectivity index (χ4n) is 4.67. The molecule has 5 rings (SSSR count). The van der Waals surface area contributed by atoms with Crippen molar-refractivity contribution in [1.82, 2.24) is 19.4 Å². The molecule has 0 bridgehead atoms. The molecule has 0 N–H and O–H groups in total. The molecular formula is C22H26N4OS. The van der Waals surface area contributed by atoms with Crippen LogP contribution in [0.15, 0.2) is 42.9 Å². The zero-order chi connectivity index (χ0) is 18.9. The van der Waals surface area contributed by atoms with Crippen LogP contribution in [0.5, 0.6) is 0 Å². The Labute approximate surface area is 169 Å². The molecule has 6 heteroatoms. The van der Waals surface area contributed by atoms with Crippen LogP contribution >= 0.6 is 11.3 Å². The molecule has 0 atom stereocenters. The summed E-state index contributed by atoms with van der Waals surface area (Å²) in [5.41, 5.74) is 0.973. The molecule has 2 aliphatic rings. The van der Waals surface area contributed by atoms with Crippen LogP contribution in [0.4, 0.5) is 0 Å². The number of nitrogens with zero attached hydrogens (tertiary/aromatic N) is 4. The zero-order valence-electron chi connectivity index (χ0n) is 16.1. The van der Waals surface area contributed by atoms with Crippen molar-refractivity contribution in [3.05, 3.63) is 47.7 Å². The van der Waals surface area contributed by atoms with Crippen molar-refractivity contribution in [3.8, 4) is 5.69 Å². The van der Waals surface area contributed by atoms with Crippen molar-refractivity contribution in [2.75, 3.05) is 26.2 Å². The van der Waals surface area contributed by atoms with E-state index in [1.54, 1.807) is 6.20 Å². The van der Waals surface area contributed by atoms with E-state index in [0.717, 1.165) is 46.7 Å². The second-order valence-electron chi connectivity index (χ2n) is 7.85. The Kier molecular flexibility index (Phi) is 4.91. The highest BCUT2D eigenvalue weighted by molar-refractivity contribution is 7.21. The molecule has 28 heavy (non-hydrogen) atoms. The first kappa shape index (κ1) is 17.9. The minimum absolute atomic E-state index is 0.156. The van der Waals surface area contributed by atoms with Crippen LogP contribution in [0.1, 0.15) is 41.8 Å². The maximum atomic E-state index is 13.4. The van der Waals surface area contributed by atoms with E-state index in [1.165, 1.54) is 43.7 Å². The largest absolute Gasteiger partial charge is 0.338 e. The minimum atomic E-state index is 0.156. The van der Waals surface area contributed by atoms with Gasteiger partial charge in [0, 0.05) is 43.1 Å². The van der Waals surface area contributed by atoms with E-state index >= 15 is 0 Å². The molecule has 0 saturated carbocycles. The Morgan fingerprint density at radius 3 is 2.50 bits per heavy atom. The second-order valence-corrected chi connectivity index (χ2v) is 8.85. The van der Waals surface area contributed by atoms with Crippen LogP contribution in [0.2, 0.25) is 0 Å². The molecule has 5 nitrogen and oxygen atoms in total. The van der Waals surface area contributed by atoms with Gasteiger partial charge in [0.05, 0.1) is 5.69 Å². The highest BCUT2D eigenvalue weighted by Gasteiger charge is 2.30. The van der Waals surface area contributed by atoms with Gasteiger partial charge in [0.2, 0.25) is 0 Å². The Morgan fingerprint density at radius 1 is 1.00 bits per heavy atom. The van der Waals surface area contributed by atoms with Gasteiger partial charge < -0.3 is 14.4 Å². The zero-order valence-corrected chi connectivity index (χ0v) is 16.9. The van der Waals surface area contributed by atoms with Crippen LogP contribution in [-0.2, 0) is 0 Å². The molecular weight excluding hydrogens is 368 g/mol. The molecule has 2 aliphatic heterocycles. The van der Waals surface area contributed by atoms with Crippen LogP contribution < -0.4 is 0 Å². The fourth-order valence-corrected chi connectivity index (χ4v) is 5.78. The molecule has 0 aliphatic carbocycles. The van der Waals surface area contributed by atoms with Gasteiger partial charge in [0.15, 0.2) is 0 Å². The number of rotatable bonds is 3. The molecule has 0 aromatic carbocycles. The highest BCUT2D eigenvalue weighted by atomic mass is 32.1. The van der Waals surface area contributed by atoms with E-state index < -0.39 is 0 Å². The van der Waals surface area contributed by atoms with E-state index in [-0.39, 0.29) is 5.91 Å². The number of hydrogen-bond acceptors (Lipinski definition) is 4. The summed E-state index contributed by atoms with van der Waals surface area (Å²) in [5, 5.41) is 1.05. The van der Waals surface area contributed by atoms with Gasteiger partial charge in [0.1, 0.15) is 9.71 Å². The predicted octanol–water partition coefficient (Wildman–Crippen LogP) is 4.18. The van der Waals surface area contributed by atoms with Crippen LogP contribution in [0.3, 0.4) is 0 Å². The average molecular weight is 395 g/mol. The topological polar surface area (TPSA) is 41.4 Å². The number of amides is 1. The van der Waals surface area contributed by atoms with Crippen LogP contribution in [0, 0.1) is 0 Å². The van der Waals surface area contributed by atoms with Gasteiger partial charge in [0.25, 0.3) is 5.91 Å². The molecule has 3 aromatic rings. The van der Waals surface area contributed by atoms with E-state index in [9.17, 15) is 4.79 Å². The van der Waals surface area contributed by atoms with Gasteiger partial charge >= 0.3 is 0 Å². The second kappa shape index (κ2) is 7.68. The third-order valence-electron chi connectivity index (χ3n) is 6.16. The molecule has 0 spiro atoms. The van der Waals surface area contributed by atoms with E-state index in [4.69, 9.17) is 0 Å². The smallest absolute Gasteiger partial charge is 0.266 e. The molecule has 0 unspecified atom stereocenters. The third kappa shape index (κ3) is 3.25. The lowest BCUT2D eigenvalue weighted by molar-refractivity contribution is 0.0594. The number of fused-ring (bicyclic) bond motifs is 1. The fraction of sp³-hybridized carbons (Fsp3) is 0.455. The van der Waals surface area contributed by atoms with Crippen molar-refractivity contribution in [1.29, 1.82) is 0 Å². The lowest BCUT2D eigenvalue weighted by atomic mass is 10.00. The molecule has 2 saturated heterocycles. The number of likely N-dealkylation sites (tertiary alicyclic amines) is 2. The van der Waals surface area contributed by atoms with Gasteiger partial charge in [-0.2, -0.15) is 0 Å². The summed E-state index contributed by atoms with van der Waals surface area (Å²) in [4.78, 5) is 24.4. The van der Waals surface area contributed by atoms with E-state index in [0.29, 0.717) is 6.04 Å². The number of thiophene rings is 1. The molecule has 146 valence electrons. The SMILES string of the molecule is O=C(c1sc2ncccc2c1-n1cccc1)N1CCC(N2CCCCC2)CC1. The first-order valence-corrected chi connectivity index (χ1v) is 11.2. The first-order chi connectivity index (χ1) is 13.8. The molecule has 2 fully saturated rings. The average Bonchev–Trinajstić information content (AvgIpc) is 3.41. The van der Waals surface area contributed by atoms with Crippen molar-refractivity contribution in [3.63, 3.8) is 0 Å². The maximum Gasteiger partial charge on any atom is 0.266 e. The number of piperidine rings is 2. The molecule has 3 aromatic heterocycles. The highest BCUT2D eigenvalue weighted by Crippen LogP contribution is 2.34. The Balaban J connectivity index is 1.39. The summed E-state index contributed by atoms with van der Waals surface area (Å²) in [6.07, 6.45) is 12.0. The summed E-state index contributed by atoms with van der Waals surface area (Å²) < 4.78 is 2.05. The Hall–Kier alpha value is -2.18. The van der Waals surface area contributed by atoms with Gasteiger partial charge in [-0.05, 0) is 63.0 Å². The third-order valence-corrected chi connectivity index (χ3v) is 7.25. The lowest BCUT2D eigenvalue weighted by Gasteiger charge is -2.40. The summed E-state index contributed by atoms with van der Waals surface area (Å²) >= 11 is 1.52. The van der Waals surface area contributed by atoms with Crippen molar-refractivity contribution in [2.24, 2.45) is 0 Å². The maximum absolute atomic E-state index is 13.4. The normalized spacial score (nSPS) is 19.4. The summed E-state index contributed by atoms with van der Waals surface area (Å²) in [7, 11) is 0. The number of carbonyl (C=O) groups excluding carboxylic acids is 1. The van der Waals surface area contributed by atoms with Crippen LogP contribution in [0.25, 0.3) is 15.9 Å².